The molecule has 0 aliphatic heterocycles. The Morgan fingerprint density at radius 1 is 1.30 bits per heavy atom. The second kappa shape index (κ2) is 5.59. The van der Waals surface area contributed by atoms with E-state index in [0.29, 0.717) is 11.4 Å². The predicted molar refractivity (Wildman–Crippen MR) is 83.1 cm³/mol. The van der Waals surface area contributed by atoms with Gasteiger partial charge in [0, 0.05) is 13.1 Å². The van der Waals surface area contributed by atoms with Crippen LogP contribution in [0.25, 0.3) is 0 Å². The number of ether oxygens (including phenoxy) is 1. The van der Waals surface area contributed by atoms with Crippen molar-refractivity contribution in [2.45, 2.75) is 44.0 Å². The van der Waals surface area contributed by atoms with Gasteiger partial charge in [-0.15, -0.1) is 0 Å². The molecule has 0 radical (unpaired) electrons. The van der Waals surface area contributed by atoms with Gasteiger partial charge in [0.1, 0.15) is 4.90 Å². The summed E-state index contributed by atoms with van der Waals surface area (Å²) in [5, 5.41) is 4.18. The highest BCUT2D eigenvalue weighted by atomic mass is 32.2. The van der Waals surface area contributed by atoms with E-state index in [9.17, 15) is 13.2 Å². The summed E-state index contributed by atoms with van der Waals surface area (Å²) in [6.07, 6.45) is 2.81. The SMILES string of the molecule is COC(=O)[C@@H]1[C@H]2CC[C@@H](C2)[C@H]1NS(=O)(=O)c1c(C)nn(C)c1C. The number of hydrogen-bond donors (Lipinski definition) is 1. The molecule has 0 aromatic carbocycles. The summed E-state index contributed by atoms with van der Waals surface area (Å²) in [5.41, 5.74) is 1.06. The van der Waals surface area contributed by atoms with Crippen LogP contribution in [0.5, 0.6) is 0 Å². The Bertz CT molecular complexity index is 740. The van der Waals surface area contributed by atoms with Crippen LogP contribution in [-0.4, -0.2) is 37.3 Å². The lowest BCUT2D eigenvalue weighted by atomic mass is 9.85. The second-order valence-electron chi connectivity index (χ2n) is 6.65. The van der Waals surface area contributed by atoms with E-state index < -0.39 is 10.0 Å². The van der Waals surface area contributed by atoms with Crippen molar-refractivity contribution in [1.82, 2.24) is 14.5 Å². The number of carbonyl (C=O) groups is 1. The van der Waals surface area contributed by atoms with Crippen LogP contribution in [0.15, 0.2) is 4.90 Å². The smallest absolute Gasteiger partial charge is 0.310 e. The number of rotatable bonds is 4. The normalized spacial score (nSPS) is 29.9. The monoisotopic (exact) mass is 341 g/mol. The van der Waals surface area contributed by atoms with Crippen LogP contribution < -0.4 is 4.72 Å². The number of fused-ring (bicyclic) bond motifs is 2. The first-order valence-corrected chi connectivity index (χ1v) is 9.35. The Balaban J connectivity index is 1.92. The molecule has 4 atom stereocenters. The number of hydrogen-bond acceptors (Lipinski definition) is 5. The molecule has 1 N–H and O–H groups in total. The van der Waals surface area contributed by atoms with Crippen molar-refractivity contribution in [1.29, 1.82) is 0 Å². The zero-order valence-corrected chi connectivity index (χ0v) is 14.7. The Morgan fingerprint density at radius 2 is 1.96 bits per heavy atom. The van der Waals surface area contributed by atoms with E-state index in [1.165, 1.54) is 7.11 Å². The molecule has 2 aliphatic rings. The molecular weight excluding hydrogens is 318 g/mol. The van der Waals surface area contributed by atoms with Crippen molar-refractivity contribution in [3.05, 3.63) is 11.4 Å². The summed E-state index contributed by atoms with van der Waals surface area (Å²) in [4.78, 5) is 12.3. The van der Waals surface area contributed by atoms with E-state index in [1.807, 2.05) is 0 Å². The van der Waals surface area contributed by atoms with E-state index in [1.54, 1.807) is 25.6 Å². The molecule has 1 heterocycles. The first-order chi connectivity index (χ1) is 10.8. The average molecular weight is 341 g/mol. The van der Waals surface area contributed by atoms with Crippen molar-refractivity contribution in [3.8, 4) is 0 Å². The molecule has 2 bridgehead atoms. The number of nitrogens with one attached hydrogen (secondary N) is 1. The standard InChI is InChI=1S/C15H23N3O4S/c1-8-14(9(2)18(3)16-8)23(20,21)17-13-11-6-5-10(7-11)12(13)15(19)22-4/h10-13,17H,5-7H2,1-4H3/t10-,11-,12+,13+/m0/s1. The lowest BCUT2D eigenvalue weighted by molar-refractivity contribution is -0.148. The predicted octanol–water partition coefficient (Wildman–Crippen LogP) is 0.903. The molecule has 0 spiro atoms. The minimum atomic E-state index is -3.72. The molecule has 1 aromatic rings. The van der Waals surface area contributed by atoms with Gasteiger partial charge in [0.25, 0.3) is 0 Å². The highest BCUT2D eigenvalue weighted by molar-refractivity contribution is 7.89. The third kappa shape index (κ3) is 2.57. The number of aromatic nitrogens is 2. The van der Waals surface area contributed by atoms with Gasteiger partial charge >= 0.3 is 5.97 Å². The summed E-state index contributed by atoms with van der Waals surface area (Å²) in [6, 6.07) is -0.384. The van der Waals surface area contributed by atoms with Gasteiger partial charge in [-0.25, -0.2) is 13.1 Å². The van der Waals surface area contributed by atoms with Crippen LogP contribution in [0.1, 0.15) is 30.7 Å². The van der Waals surface area contributed by atoms with E-state index in [2.05, 4.69) is 9.82 Å². The van der Waals surface area contributed by atoms with E-state index in [4.69, 9.17) is 4.74 Å². The fourth-order valence-electron chi connectivity index (χ4n) is 4.32. The second-order valence-corrected chi connectivity index (χ2v) is 8.30. The molecule has 2 fully saturated rings. The Labute approximate surface area is 136 Å². The van der Waals surface area contributed by atoms with Gasteiger partial charge in [-0.05, 0) is 44.9 Å². The number of methoxy groups -OCH3 is 1. The molecular formula is C15H23N3O4S. The zero-order chi connectivity index (χ0) is 16.9. The summed E-state index contributed by atoms with van der Waals surface area (Å²) in [6.45, 7) is 3.41. The minimum Gasteiger partial charge on any atom is -0.469 e. The molecule has 7 nitrogen and oxygen atoms in total. The number of carbonyl (C=O) groups excluding carboxylic acids is 1. The Hall–Kier alpha value is -1.41. The molecule has 0 saturated heterocycles. The molecule has 0 amide bonds. The maximum atomic E-state index is 12.9. The lowest BCUT2D eigenvalue weighted by Crippen LogP contribution is -2.47. The number of aryl methyl sites for hydroxylation is 2. The van der Waals surface area contributed by atoms with Crippen molar-refractivity contribution >= 4 is 16.0 Å². The van der Waals surface area contributed by atoms with Gasteiger partial charge in [-0.2, -0.15) is 5.10 Å². The van der Waals surface area contributed by atoms with E-state index in [-0.39, 0.29) is 34.7 Å². The van der Waals surface area contributed by atoms with Gasteiger partial charge < -0.3 is 4.74 Å². The molecule has 2 saturated carbocycles. The minimum absolute atomic E-state index is 0.205. The maximum absolute atomic E-state index is 12.9. The van der Waals surface area contributed by atoms with Crippen LogP contribution in [0.2, 0.25) is 0 Å². The Morgan fingerprint density at radius 3 is 2.52 bits per heavy atom. The van der Waals surface area contributed by atoms with Crippen molar-refractivity contribution < 1.29 is 17.9 Å². The third-order valence-electron chi connectivity index (χ3n) is 5.39. The molecule has 23 heavy (non-hydrogen) atoms. The summed E-state index contributed by atoms with van der Waals surface area (Å²) >= 11 is 0. The third-order valence-corrected chi connectivity index (χ3v) is 7.10. The highest BCUT2D eigenvalue weighted by Crippen LogP contribution is 2.49. The molecule has 3 rings (SSSR count). The van der Waals surface area contributed by atoms with Gasteiger partial charge in [-0.3, -0.25) is 9.48 Å². The van der Waals surface area contributed by atoms with Crippen LogP contribution in [0, 0.1) is 31.6 Å². The molecule has 0 unspecified atom stereocenters. The van der Waals surface area contributed by atoms with Crippen LogP contribution in [0.4, 0.5) is 0 Å². The van der Waals surface area contributed by atoms with E-state index >= 15 is 0 Å². The number of esters is 1. The topological polar surface area (TPSA) is 90.3 Å². The largest absolute Gasteiger partial charge is 0.469 e. The quantitative estimate of drug-likeness (QED) is 0.822. The van der Waals surface area contributed by atoms with Gasteiger partial charge in [0.15, 0.2) is 0 Å². The average Bonchev–Trinajstić information content (AvgIpc) is 3.12. The molecule has 2 aliphatic carbocycles. The fourth-order valence-corrected chi connectivity index (χ4v) is 6.08. The van der Waals surface area contributed by atoms with Crippen LogP contribution in [-0.2, 0) is 26.6 Å². The number of nitrogens with zero attached hydrogens (tertiary/aromatic N) is 2. The lowest BCUT2D eigenvalue weighted by Gasteiger charge is -2.29. The number of sulfonamides is 1. The van der Waals surface area contributed by atoms with Crippen LogP contribution >= 0.6 is 0 Å². The first kappa shape index (κ1) is 16.4. The maximum Gasteiger partial charge on any atom is 0.310 e. The van der Waals surface area contributed by atoms with Crippen molar-refractivity contribution in [2.24, 2.45) is 24.8 Å². The first-order valence-electron chi connectivity index (χ1n) is 7.86. The van der Waals surface area contributed by atoms with Gasteiger partial charge in [-0.1, -0.05) is 0 Å². The molecule has 128 valence electrons. The molecule has 8 heteroatoms. The zero-order valence-electron chi connectivity index (χ0n) is 13.9. The summed E-state index contributed by atoms with van der Waals surface area (Å²) in [7, 11) is -0.648. The Kier molecular flexibility index (Phi) is 4.00. The van der Waals surface area contributed by atoms with Crippen molar-refractivity contribution in [3.63, 3.8) is 0 Å². The van der Waals surface area contributed by atoms with Crippen molar-refractivity contribution in [2.75, 3.05) is 7.11 Å². The summed E-state index contributed by atoms with van der Waals surface area (Å²) in [5.74, 6) is -0.275. The highest BCUT2D eigenvalue weighted by Gasteiger charge is 2.52. The fraction of sp³-hybridized carbons (Fsp3) is 0.733. The van der Waals surface area contributed by atoms with Crippen LogP contribution in [0.3, 0.4) is 0 Å². The van der Waals surface area contributed by atoms with Gasteiger partial charge in [0.2, 0.25) is 10.0 Å². The summed E-state index contributed by atoms with van der Waals surface area (Å²) < 4.78 is 35.0. The molecule has 1 aromatic heterocycles. The van der Waals surface area contributed by atoms with Gasteiger partial charge in [0.05, 0.1) is 24.4 Å². The van der Waals surface area contributed by atoms with E-state index in [0.717, 1.165) is 19.3 Å².